The summed E-state index contributed by atoms with van der Waals surface area (Å²) in [6, 6.07) is 6.48. The quantitative estimate of drug-likeness (QED) is 0.799. The Morgan fingerprint density at radius 2 is 1.89 bits per heavy atom. The van der Waals surface area contributed by atoms with E-state index in [1.807, 2.05) is 18.2 Å². The first-order valence-electron chi connectivity index (χ1n) is 6.76. The first-order chi connectivity index (χ1) is 8.81. The maximum absolute atomic E-state index is 5.52. The van der Waals surface area contributed by atoms with Crippen LogP contribution in [0.3, 0.4) is 0 Å². The van der Waals surface area contributed by atoms with Gasteiger partial charge < -0.3 is 9.47 Å². The SMILES string of the molecule is CCCN1CCCC1c1c(OC)cccc1OC. The van der Waals surface area contributed by atoms with Gasteiger partial charge in [-0.05, 0) is 44.5 Å². The van der Waals surface area contributed by atoms with Gasteiger partial charge in [-0.1, -0.05) is 13.0 Å². The molecule has 0 aromatic heterocycles. The molecule has 1 atom stereocenters. The lowest BCUT2D eigenvalue weighted by atomic mass is 10.0. The van der Waals surface area contributed by atoms with Crippen LogP contribution in [0, 0.1) is 0 Å². The summed E-state index contributed by atoms with van der Waals surface area (Å²) in [5, 5.41) is 0. The molecule has 0 amide bonds. The molecule has 1 fully saturated rings. The normalized spacial score (nSPS) is 20.1. The van der Waals surface area contributed by atoms with Gasteiger partial charge in [0, 0.05) is 6.04 Å². The summed E-state index contributed by atoms with van der Waals surface area (Å²) in [4.78, 5) is 2.54. The van der Waals surface area contributed by atoms with E-state index in [4.69, 9.17) is 9.47 Å². The monoisotopic (exact) mass is 249 g/mol. The molecule has 18 heavy (non-hydrogen) atoms. The Labute approximate surface area is 110 Å². The minimum absolute atomic E-state index is 0.441. The van der Waals surface area contributed by atoms with Crippen LogP contribution in [-0.4, -0.2) is 32.2 Å². The molecular formula is C15H23NO2. The van der Waals surface area contributed by atoms with E-state index in [1.54, 1.807) is 14.2 Å². The Morgan fingerprint density at radius 1 is 1.22 bits per heavy atom. The van der Waals surface area contributed by atoms with Gasteiger partial charge in [0.1, 0.15) is 11.5 Å². The fourth-order valence-electron chi connectivity index (χ4n) is 2.92. The summed E-state index contributed by atoms with van der Waals surface area (Å²) in [6.07, 6.45) is 3.64. The van der Waals surface area contributed by atoms with E-state index < -0.39 is 0 Å². The topological polar surface area (TPSA) is 21.7 Å². The number of ether oxygens (including phenoxy) is 2. The first kappa shape index (κ1) is 13.2. The lowest BCUT2D eigenvalue weighted by molar-refractivity contribution is 0.245. The predicted molar refractivity (Wildman–Crippen MR) is 73.4 cm³/mol. The van der Waals surface area contributed by atoms with Crippen LogP contribution in [0.4, 0.5) is 0 Å². The maximum atomic E-state index is 5.52. The highest BCUT2D eigenvalue weighted by molar-refractivity contribution is 5.47. The maximum Gasteiger partial charge on any atom is 0.127 e. The minimum atomic E-state index is 0.441. The van der Waals surface area contributed by atoms with Gasteiger partial charge in [-0.25, -0.2) is 0 Å². The number of rotatable bonds is 5. The van der Waals surface area contributed by atoms with Crippen molar-refractivity contribution >= 4 is 0 Å². The summed E-state index contributed by atoms with van der Waals surface area (Å²) in [6.45, 7) is 4.56. The average Bonchev–Trinajstić information content (AvgIpc) is 2.86. The van der Waals surface area contributed by atoms with Crippen LogP contribution in [0.5, 0.6) is 11.5 Å². The van der Waals surface area contributed by atoms with Crippen LogP contribution in [0.25, 0.3) is 0 Å². The van der Waals surface area contributed by atoms with Gasteiger partial charge in [-0.15, -0.1) is 0 Å². The van der Waals surface area contributed by atoms with Crippen molar-refractivity contribution in [2.45, 2.75) is 32.2 Å². The third-order valence-corrected chi connectivity index (χ3v) is 3.67. The van der Waals surface area contributed by atoms with Gasteiger partial charge in [0.2, 0.25) is 0 Å². The Kier molecular flexibility index (Phi) is 4.48. The van der Waals surface area contributed by atoms with Crippen LogP contribution in [0.15, 0.2) is 18.2 Å². The van der Waals surface area contributed by atoms with Crippen molar-refractivity contribution in [3.63, 3.8) is 0 Å². The largest absolute Gasteiger partial charge is 0.496 e. The van der Waals surface area contributed by atoms with E-state index in [2.05, 4.69) is 11.8 Å². The smallest absolute Gasteiger partial charge is 0.127 e. The van der Waals surface area contributed by atoms with E-state index >= 15 is 0 Å². The van der Waals surface area contributed by atoms with Crippen LogP contribution in [0.2, 0.25) is 0 Å². The van der Waals surface area contributed by atoms with Crippen molar-refractivity contribution in [2.24, 2.45) is 0 Å². The fourth-order valence-corrected chi connectivity index (χ4v) is 2.92. The molecule has 1 aliphatic heterocycles. The standard InChI is InChI=1S/C15H23NO2/c1-4-10-16-11-6-7-12(16)15-13(17-2)8-5-9-14(15)18-3/h5,8-9,12H,4,6-7,10-11H2,1-3H3. The van der Waals surface area contributed by atoms with Crippen LogP contribution >= 0.6 is 0 Å². The lowest BCUT2D eigenvalue weighted by Crippen LogP contribution is -2.24. The van der Waals surface area contributed by atoms with Crippen molar-refractivity contribution in [2.75, 3.05) is 27.3 Å². The first-order valence-corrected chi connectivity index (χ1v) is 6.76. The van der Waals surface area contributed by atoms with Gasteiger partial charge in [-0.2, -0.15) is 0 Å². The second-order valence-corrected chi connectivity index (χ2v) is 4.77. The fraction of sp³-hybridized carbons (Fsp3) is 0.600. The van der Waals surface area contributed by atoms with Crippen molar-refractivity contribution in [3.8, 4) is 11.5 Å². The number of hydrogen-bond donors (Lipinski definition) is 0. The summed E-state index contributed by atoms with van der Waals surface area (Å²) in [5.74, 6) is 1.89. The summed E-state index contributed by atoms with van der Waals surface area (Å²) in [5.41, 5.74) is 1.22. The van der Waals surface area contributed by atoms with Crippen molar-refractivity contribution in [3.05, 3.63) is 23.8 Å². The second-order valence-electron chi connectivity index (χ2n) is 4.77. The molecule has 3 nitrogen and oxygen atoms in total. The van der Waals surface area contributed by atoms with Crippen LogP contribution < -0.4 is 9.47 Å². The van der Waals surface area contributed by atoms with E-state index in [0.29, 0.717) is 6.04 Å². The molecule has 0 bridgehead atoms. The molecule has 2 rings (SSSR count). The van der Waals surface area contributed by atoms with E-state index in [9.17, 15) is 0 Å². The summed E-state index contributed by atoms with van der Waals surface area (Å²) in [7, 11) is 3.47. The number of methoxy groups -OCH3 is 2. The summed E-state index contributed by atoms with van der Waals surface area (Å²) < 4.78 is 11.0. The highest BCUT2D eigenvalue weighted by atomic mass is 16.5. The molecule has 100 valence electrons. The Bertz CT molecular complexity index is 370. The lowest BCUT2D eigenvalue weighted by Gasteiger charge is -2.27. The van der Waals surface area contributed by atoms with Gasteiger partial charge in [0.15, 0.2) is 0 Å². The van der Waals surface area contributed by atoms with Gasteiger partial charge in [-0.3, -0.25) is 4.90 Å². The zero-order chi connectivity index (χ0) is 13.0. The number of hydrogen-bond acceptors (Lipinski definition) is 3. The zero-order valence-electron chi connectivity index (χ0n) is 11.6. The zero-order valence-corrected chi connectivity index (χ0v) is 11.6. The molecule has 1 aromatic carbocycles. The number of nitrogens with zero attached hydrogens (tertiary/aromatic N) is 1. The van der Waals surface area contributed by atoms with Crippen LogP contribution in [-0.2, 0) is 0 Å². The molecule has 0 radical (unpaired) electrons. The number of benzene rings is 1. The highest BCUT2D eigenvalue weighted by Crippen LogP contribution is 2.42. The Hall–Kier alpha value is -1.22. The average molecular weight is 249 g/mol. The van der Waals surface area contributed by atoms with Gasteiger partial charge >= 0.3 is 0 Å². The van der Waals surface area contributed by atoms with Crippen molar-refractivity contribution in [1.29, 1.82) is 0 Å². The molecule has 0 saturated carbocycles. The molecule has 1 heterocycles. The third kappa shape index (κ3) is 2.46. The van der Waals surface area contributed by atoms with E-state index in [1.165, 1.54) is 31.4 Å². The Morgan fingerprint density at radius 3 is 2.44 bits per heavy atom. The van der Waals surface area contributed by atoms with E-state index in [-0.39, 0.29) is 0 Å². The molecule has 0 spiro atoms. The second kappa shape index (κ2) is 6.10. The number of likely N-dealkylation sites (tertiary alicyclic amines) is 1. The van der Waals surface area contributed by atoms with Gasteiger partial charge in [0.05, 0.1) is 19.8 Å². The summed E-state index contributed by atoms with van der Waals surface area (Å²) >= 11 is 0. The molecule has 3 heteroatoms. The molecule has 1 aliphatic rings. The van der Waals surface area contributed by atoms with Crippen molar-refractivity contribution in [1.82, 2.24) is 4.90 Å². The van der Waals surface area contributed by atoms with Crippen molar-refractivity contribution < 1.29 is 9.47 Å². The molecule has 0 aliphatic carbocycles. The third-order valence-electron chi connectivity index (χ3n) is 3.67. The Balaban J connectivity index is 2.35. The minimum Gasteiger partial charge on any atom is -0.496 e. The molecule has 1 unspecified atom stereocenters. The van der Waals surface area contributed by atoms with Crippen LogP contribution in [0.1, 0.15) is 37.8 Å². The molecule has 1 aromatic rings. The van der Waals surface area contributed by atoms with Gasteiger partial charge in [0.25, 0.3) is 0 Å². The van der Waals surface area contributed by atoms with E-state index in [0.717, 1.165) is 18.0 Å². The molecule has 0 N–H and O–H groups in total. The predicted octanol–water partition coefficient (Wildman–Crippen LogP) is 3.25. The molecule has 1 saturated heterocycles. The highest BCUT2D eigenvalue weighted by Gasteiger charge is 2.30. The molecular weight excluding hydrogens is 226 g/mol.